The Kier molecular flexibility index (Phi) is 9.62. The Labute approximate surface area is 267 Å². The van der Waals surface area contributed by atoms with Gasteiger partial charge in [0.15, 0.2) is 23.1 Å². The second-order valence-corrected chi connectivity index (χ2v) is 12.4. The van der Waals surface area contributed by atoms with E-state index in [1.807, 2.05) is 36.4 Å². The molecule has 6 rings (SSSR count). The van der Waals surface area contributed by atoms with Crippen LogP contribution in [-0.2, 0) is 14.8 Å². The zero-order chi connectivity index (χ0) is 31.9. The Bertz CT molecular complexity index is 1920. The summed E-state index contributed by atoms with van der Waals surface area (Å²) in [7, 11) is -2.43. The summed E-state index contributed by atoms with van der Waals surface area (Å²) in [4.78, 5) is 6.85. The first-order valence-electron chi connectivity index (χ1n) is 14.9. The van der Waals surface area contributed by atoms with Crippen LogP contribution in [0.2, 0.25) is 0 Å². The van der Waals surface area contributed by atoms with Crippen molar-refractivity contribution in [3.63, 3.8) is 0 Å². The van der Waals surface area contributed by atoms with Crippen LogP contribution in [-0.4, -0.2) is 64.9 Å². The molecule has 1 fully saturated rings. The zero-order valence-electron chi connectivity index (χ0n) is 25.3. The van der Waals surface area contributed by atoms with Crippen molar-refractivity contribution in [2.45, 2.75) is 11.3 Å². The summed E-state index contributed by atoms with van der Waals surface area (Å²) in [5.74, 6) is 0.587. The monoisotopic (exact) mass is 643 g/mol. The lowest BCUT2D eigenvalue weighted by molar-refractivity contribution is 0.0357. The number of methoxy groups -OCH3 is 1. The molecule has 0 saturated carbocycles. The summed E-state index contributed by atoms with van der Waals surface area (Å²) in [6.45, 7) is 4.79. The molecule has 1 aromatic heterocycles. The third-order valence-electron chi connectivity index (χ3n) is 7.62. The molecule has 9 nitrogen and oxygen atoms in total. The van der Waals surface area contributed by atoms with Gasteiger partial charge in [-0.1, -0.05) is 42.5 Å². The normalized spacial score (nSPS) is 13.8. The van der Waals surface area contributed by atoms with Gasteiger partial charge in [-0.05, 0) is 53.9 Å². The van der Waals surface area contributed by atoms with Crippen LogP contribution in [0.15, 0.2) is 102 Å². The molecule has 0 unspecified atom stereocenters. The van der Waals surface area contributed by atoms with E-state index in [0.29, 0.717) is 34.8 Å². The van der Waals surface area contributed by atoms with Gasteiger partial charge >= 0.3 is 0 Å². The van der Waals surface area contributed by atoms with E-state index in [0.717, 1.165) is 56.5 Å². The number of hydrogen-bond donors (Lipinski definition) is 1. The quantitative estimate of drug-likeness (QED) is 0.149. The third kappa shape index (κ3) is 7.39. The maximum Gasteiger partial charge on any atom is 0.261 e. The first kappa shape index (κ1) is 31.3. The fraction of sp³-hybridized carbons (Fsp3) is 0.229. The van der Waals surface area contributed by atoms with Crippen molar-refractivity contribution in [2.75, 3.05) is 51.3 Å². The lowest BCUT2D eigenvalue weighted by Gasteiger charge is -2.26. The molecule has 238 valence electrons. The second-order valence-electron chi connectivity index (χ2n) is 10.7. The van der Waals surface area contributed by atoms with Crippen LogP contribution >= 0.6 is 0 Å². The molecule has 0 amide bonds. The highest BCUT2D eigenvalue weighted by Gasteiger charge is 2.18. The average molecular weight is 644 g/mol. The van der Waals surface area contributed by atoms with E-state index in [2.05, 4.69) is 14.6 Å². The first-order chi connectivity index (χ1) is 22.4. The highest BCUT2D eigenvalue weighted by Crippen LogP contribution is 2.38. The molecular weight excluding hydrogens is 609 g/mol. The standard InChI is InChI=1S/C35H34FN3O6S/c1-42-34-23-29-31(24-35(34)44-18-6-15-39-16-19-43-20-17-39)37-14-13-32(29)45-33-12-11-27(22-30(33)36)38-46(40,41)28-10-5-9-26(21-28)25-7-3-2-4-8-25/h2-5,7-14,21-24,38H,6,15-20H2,1H3. The number of morpholine rings is 1. The van der Waals surface area contributed by atoms with Gasteiger partial charge in [0.1, 0.15) is 5.75 Å². The van der Waals surface area contributed by atoms with E-state index in [1.165, 1.54) is 18.2 Å². The van der Waals surface area contributed by atoms with Gasteiger partial charge in [-0.3, -0.25) is 14.6 Å². The molecule has 2 heterocycles. The summed E-state index contributed by atoms with van der Waals surface area (Å²) in [5.41, 5.74) is 2.29. The van der Waals surface area contributed by atoms with Crippen LogP contribution in [0.25, 0.3) is 22.0 Å². The topological polar surface area (TPSA) is 99.2 Å². The molecule has 0 atom stereocenters. The highest BCUT2D eigenvalue weighted by molar-refractivity contribution is 7.92. The number of nitrogens with one attached hydrogen (secondary N) is 1. The van der Waals surface area contributed by atoms with Crippen molar-refractivity contribution >= 4 is 26.6 Å². The number of ether oxygens (including phenoxy) is 4. The molecule has 1 aliphatic rings. The highest BCUT2D eigenvalue weighted by atomic mass is 32.2. The van der Waals surface area contributed by atoms with Crippen molar-refractivity contribution in [2.24, 2.45) is 0 Å². The maximum atomic E-state index is 15.3. The summed E-state index contributed by atoms with van der Waals surface area (Å²) < 4.78 is 67.1. The molecule has 11 heteroatoms. The number of aromatic nitrogens is 1. The van der Waals surface area contributed by atoms with E-state index in [4.69, 9.17) is 18.9 Å². The molecule has 46 heavy (non-hydrogen) atoms. The van der Waals surface area contributed by atoms with E-state index in [-0.39, 0.29) is 16.3 Å². The number of rotatable bonds is 12. The van der Waals surface area contributed by atoms with Crippen molar-refractivity contribution in [3.8, 4) is 34.1 Å². The van der Waals surface area contributed by atoms with Gasteiger partial charge in [-0.15, -0.1) is 0 Å². The van der Waals surface area contributed by atoms with Gasteiger partial charge in [-0.25, -0.2) is 12.8 Å². The summed E-state index contributed by atoms with van der Waals surface area (Å²) in [5, 5.41) is 0.600. The van der Waals surface area contributed by atoms with Crippen LogP contribution in [0, 0.1) is 5.82 Å². The maximum absolute atomic E-state index is 15.3. The number of anilines is 1. The van der Waals surface area contributed by atoms with E-state index >= 15 is 4.39 Å². The number of halogens is 1. The number of sulfonamides is 1. The summed E-state index contributed by atoms with van der Waals surface area (Å²) in [6, 6.07) is 25.1. The molecule has 0 radical (unpaired) electrons. The summed E-state index contributed by atoms with van der Waals surface area (Å²) >= 11 is 0. The predicted molar refractivity (Wildman–Crippen MR) is 175 cm³/mol. The number of nitrogens with zero attached hydrogens (tertiary/aromatic N) is 2. The first-order valence-corrected chi connectivity index (χ1v) is 16.4. The van der Waals surface area contributed by atoms with Gasteiger partial charge in [0.05, 0.1) is 43.0 Å². The van der Waals surface area contributed by atoms with Crippen LogP contribution in [0.5, 0.6) is 23.0 Å². The van der Waals surface area contributed by atoms with Gasteiger partial charge in [0.2, 0.25) is 0 Å². The van der Waals surface area contributed by atoms with E-state index in [1.54, 1.807) is 43.6 Å². The fourth-order valence-corrected chi connectivity index (χ4v) is 6.33. The van der Waals surface area contributed by atoms with Crippen LogP contribution < -0.4 is 18.9 Å². The molecule has 5 aromatic rings. The minimum absolute atomic E-state index is 0.0617. The van der Waals surface area contributed by atoms with Gasteiger partial charge < -0.3 is 18.9 Å². The van der Waals surface area contributed by atoms with Crippen molar-refractivity contribution in [1.29, 1.82) is 0 Å². The Morgan fingerprint density at radius 1 is 0.870 bits per heavy atom. The molecule has 1 aliphatic heterocycles. The van der Waals surface area contributed by atoms with E-state index < -0.39 is 15.8 Å². The molecular formula is C35H34FN3O6S. The molecule has 1 N–H and O–H groups in total. The summed E-state index contributed by atoms with van der Waals surface area (Å²) in [6.07, 6.45) is 2.42. The van der Waals surface area contributed by atoms with Gasteiger partial charge in [0.25, 0.3) is 10.0 Å². The lowest BCUT2D eigenvalue weighted by Crippen LogP contribution is -2.37. The minimum atomic E-state index is -3.99. The molecule has 0 bridgehead atoms. The predicted octanol–water partition coefficient (Wildman–Crippen LogP) is 6.74. The van der Waals surface area contributed by atoms with Crippen molar-refractivity contribution in [1.82, 2.24) is 9.88 Å². The average Bonchev–Trinajstić information content (AvgIpc) is 3.08. The SMILES string of the molecule is COc1cc2c(Oc3ccc(NS(=O)(=O)c4cccc(-c5ccccc5)c4)cc3F)ccnc2cc1OCCCN1CCOCC1. The van der Waals surface area contributed by atoms with Crippen LogP contribution in [0.4, 0.5) is 10.1 Å². The zero-order valence-corrected chi connectivity index (χ0v) is 26.1. The second kappa shape index (κ2) is 14.2. The fourth-order valence-electron chi connectivity index (χ4n) is 5.24. The van der Waals surface area contributed by atoms with E-state index in [9.17, 15) is 8.42 Å². The van der Waals surface area contributed by atoms with Crippen molar-refractivity contribution in [3.05, 3.63) is 103 Å². The number of benzene rings is 4. The molecule has 0 aliphatic carbocycles. The molecule has 4 aromatic carbocycles. The Hall–Kier alpha value is -4.71. The number of hydrogen-bond acceptors (Lipinski definition) is 8. The largest absolute Gasteiger partial charge is 0.493 e. The van der Waals surface area contributed by atoms with Crippen LogP contribution in [0.3, 0.4) is 0 Å². The Morgan fingerprint density at radius 2 is 1.67 bits per heavy atom. The Balaban J connectivity index is 1.15. The Morgan fingerprint density at radius 3 is 2.46 bits per heavy atom. The van der Waals surface area contributed by atoms with Crippen molar-refractivity contribution < 1.29 is 31.8 Å². The van der Waals surface area contributed by atoms with Crippen LogP contribution in [0.1, 0.15) is 6.42 Å². The third-order valence-corrected chi connectivity index (χ3v) is 9.00. The number of fused-ring (bicyclic) bond motifs is 1. The lowest BCUT2D eigenvalue weighted by atomic mass is 10.1. The smallest absolute Gasteiger partial charge is 0.261 e. The number of pyridine rings is 1. The minimum Gasteiger partial charge on any atom is -0.493 e. The van der Waals surface area contributed by atoms with Gasteiger partial charge in [0, 0.05) is 43.4 Å². The molecule has 1 saturated heterocycles. The molecule has 0 spiro atoms. The van der Waals surface area contributed by atoms with Gasteiger partial charge in [-0.2, -0.15) is 0 Å².